The maximum atomic E-state index is 12.3. The normalized spacial score (nSPS) is 15.2. The molecule has 0 aromatic carbocycles. The highest BCUT2D eigenvalue weighted by Gasteiger charge is 2.24. The lowest BCUT2D eigenvalue weighted by molar-refractivity contribution is -0.131. The molecule has 1 amide bonds. The Hall–Kier alpha value is -2.22. The van der Waals surface area contributed by atoms with E-state index < -0.39 is 0 Å². The Morgan fingerprint density at radius 1 is 1.24 bits per heavy atom. The number of fused-ring (bicyclic) bond motifs is 1. The number of carbonyl (C=O) groups excluding carboxylic acids is 1. The zero-order valence-electron chi connectivity index (χ0n) is 15.2. The first-order chi connectivity index (χ1) is 12.1. The fourth-order valence-electron chi connectivity index (χ4n) is 3.15. The van der Waals surface area contributed by atoms with Crippen molar-refractivity contribution >= 4 is 22.8 Å². The fourth-order valence-corrected chi connectivity index (χ4v) is 3.15. The van der Waals surface area contributed by atoms with E-state index in [-0.39, 0.29) is 5.91 Å². The van der Waals surface area contributed by atoms with E-state index in [9.17, 15) is 4.79 Å². The number of anilines is 1. The maximum Gasteiger partial charge on any atom is 0.222 e. The van der Waals surface area contributed by atoms with E-state index in [1.165, 1.54) is 0 Å². The number of carbonyl (C=O) groups is 1. The molecule has 3 rings (SSSR count). The van der Waals surface area contributed by atoms with Gasteiger partial charge in [0, 0.05) is 52.9 Å². The first kappa shape index (κ1) is 17.6. The number of nitrogens with zero attached hydrogens (tertiary/aromatic N) is 6. The molecule has 1 aliphatic rings. The van der Waals surface area contributed by atoms with Gasteiger partial charge in [-0.2, -0.15) is 5.10 Å². The Bertz CT molecular complexity index is 736. The predicted molar refractivity (Wildman–Crippen MR) is 95.6 cm³/mol. The quantitative estimate of drug-likeness (QED) is 0.730. The first-order valence-corrected chi connectivity index (χ1v) is 8.87. The number of hydrogen-bond acceptors (Lipinski definition) is 6. The Kier molecular flexibility index (Phi) is 5.47. The summed E-state index contributed by atoms with van der Waals surface area (Å²) in [5, 5.41) is 5.26. The second-order valence-electron chi connectivity index (χ2n) is 6.27. The summed E-state index contributed by atoms with van der Waals surface area (Å²) in [6, 6.07) is 0. The van der Waals surface area contributed by atoms with Gasteiger partial charge in [-0.1, -0.05) is 0 Å². The molecule has 1 saturated heterocycles. The second-order valence-corrected chi connectivity index (χ2v) is 6.27. The fraction of sp³-hybridized carbons (Fsp3) is 0.647. The summed E-state index contributed by atoms with van der Waals surface area (Å²) in [4.78, 5) is 25.5. The van der Waals surface area contributed by atoms with E-state index >= 15 is 0 Å². The van der Waals surface area contributed by atoms with Gasteiger partial charge < -0.3 is 14.5 Å². The molecule has 2 aromatic rings. The van der Waals surface area contributed by atoms with Crippen molar-refractivity contribution < 1.29 is 9.53 Å². The first-order valence-electron chi connectivity index (χ1n) is 8.87. The van der Waals surface area contributed by atoms with Crippen LogP contribution in [0.2, 0.25) is 0 Å². The molecule has 0 spiro atoms. The largest absolute Gasteiger partial charge is 0.382 e. The molecule has 0 aliphatic carbocycles. The van der Waals surface area contributed by atoms with Crippen molar-refractivity contribution in [3.63, 3.8) is 0 Å². The molecule has 0 unspecified atom stereocenters. The number of amides is 1. The van der Waals surface area contributed by atoms with Gasteiger partial charge in [0.2, 0.25) is 5.91 Å². The van der Waals surface area contributed by atoms with Crippen molar-refractivity contribution in [1.29, 1.82) is 0 Å². The summed E-state index contributed by atoms with van der Waals surface area (Å²) in [7, 11) is 1.89. The van der Waals surface area contributed by atoms with E-state index in [0.29, 0.717) is 19.6 Å². The van der Waals surface area contributed by atoms with E-state index in [2.05, 4.69) is 20.0 Å². The Balaban J connectivity index is 1.62. The molecule has 8 heteroatoms. The highest BCUT2D eigenvalue weighted by molar-refractivity contribution is 5.87. The van der Waals surface area contributed by atoms with Crippen LogP contribution in [0, 0.1) is 6.92 Å². The average Bonchev–Trinajstić information content (AvgIpc) is 2.99. The SMILES string of the molecule is CCOCCCC(=O)N1CCN(c2nc(C)nc3c2cnn3C)CC1. The van der Waals surface area contributed by atoms with Gasteiger partial charge >= 0.3 is 0 Å². The van der Waals surface area contributed by atoms with E-state index in [1.807, 2.05) is 32.0 Å². The van der Waals surface area contributed by atoms with E-state index in [0.717, 1.165) is 55.3 Å². The monoisotopic (exact) mass is 346 g/mol. The minimum absolute atomic E-state index is 0.213. The van der Waals surface area contributed by atoms with Crippen molar-refractivity contribution in [3.05, 3.63) is 12.0 Å². The van der Waals surface area contributed by atoms with Crippen LogP contribution < -0.4 is 4.90 Å². The van der Waals surface area contributed by atoms with Crippen LogP contribution in [0.5, 0.6) is 0 Å². The Labute approximate surface area is 147 Å². The molecular formula is C17H26N6O2. The van der Waals surface area contributed by atoms with E-state index in [1.54, 1.807) is 4.68 Å². The minimum Gasteiger partial charge on any atom is -0.382 e. The number of aromatic nitrogens is 4. The van der Waals surface area contributed by atoms with Gasteiger partial charge in [-0.15, -0.1) is 0 Å². The summed E-state index contributed by atoms with van der Waals surface area (Å²) in [6.07, 6.45) is 3.16. The standard InChI is InChI=1S/C17H26N6O2/c1-4-25-11-5-6-15(24)22-7-9-23(10-8-22)17-14-12-18-21(3)16(14)19-13(2)20-17/h12H,4-11H2,1-3H3. The molecule has 2 aromatic heterocycles. The third kappa shape index (κ3) is 3.89. The highest BCUT2D eigenvalue weighted by Crippen LogP contribution is 2.24. The molecule has 0 saturated carbocycles. The second kappa shape index (κ2) is 7.77. The van der Waals surface area contributed by atoms with Gasteiger partial charge in [0.05, 0.1) is 11.6 Å². The third-order valence-corrected chi connectivity index (χ3v) is 4.50. The minimum atomic E-state index is 0.213. The average molecular weight is 346 g/mol. The summed E-state index contributed by atoms with van der Waals surface area (Å²) in [5.41, 5.74) is 0.844. The molecular weight excluding hydrogens is 320 g/mol. The zero-order chi connectivity index (χ0) is 17.8. The number of aryl methyl sites for hydroxylation is 2. The molecule has 1 aliphatic heterocycles. The summed E-state index contributed by atoms with van der Waals surface area (Å²) in [6.45, 7) is 8.21. The molecule has 0 radical (unpaired) electrons. The van der Waals surface area contributed by atoms with Gasteiger partial charge in [-0.25, -0.2) is 9.97 Å². The summed E-state index contributed by atoms with van der Waals surface area (Å²) < 4.78 is 7.07. The number of piperazine rings is 1. The van der Waals surface area contributed by atoms with Crippen LogP contribution in [0.3, 0.4) is 0 Å². The van der Waals surface area contributed by atoms with Crippen molar-refractivity contribution in [2.75, 3.05) is 44.3 Å². The number of hydrogen-bond donors (Lipinski definition) is 0. The van der Waals surface area contributed by atoms with Crippen LogP contribution in [0.4, 0.5) is 5.82 Å². The van der Waals surface area contributed by atoms with Crippen molar-refractivity contribution in [2.45, 2.75) is 26.7 Å². The highest BCUT2D eigenvalue weighted by atomic mass is 16.5. The molecule has 0 N–H and O–H groups in total. The van der Waals surface area contributed by atoms with Gasteiger partial charge in [0.25, 0.3) is 0 Å². The number of ether oxygens (including phenoxy) is 1. The predicted octanol–water partition coefficient (Wildman–Crippen LogP) is 1.14. The van der Waals surface area contributed by atoms with Gasteiger partial charge in [-0.05, 0) is 20.3 Å². The van der Waals surface area contributed by atoms with Crippen LogP contribution in [0.1, 0.15) is 25.6 Å². The molecule has 136 valence electrons. The molecule has 0 bridgehead atoms. The molecule has 0 atom stereocenters. The van der Waals surface area contributed by atoms with Crippen molar-refractivity contribution in [3.8, 4) is 0 Å². The van der Waals surface area contributed by atoms with Crippen molar-refractivity contribution in [2.24, 2.45) is 7.05 Å². The lowest BCUT2D eigenvalue weighted by atomic mass is 10.2. The van der Waals surface area contributed by atoms with E-state index in [4.69, 9.17) is 4.74 Å². The number of rotatable bonds is 6. The Morgan fingerprint density at radius 3 is 2.72 bits per heavy atom. The van der Waals surface area contributed by atoms with Crippen LogP contribution in [-0.2, 0) is 16.6 Å². The smallest absolute Gasteiger partial charge is 0.222 e. The molecule has 3 heterocycles. The van der Waals surface area contributed by atoms with Crippen LogP contribution >= 0.6 is 0 Å². The Morgan fingerprint density at radius 2 is 2.00 bits per heavy atom. The van der Waals surface area contributed by atoms with Crippen LogP contribution in [0.15, 0.2) is 6.20 Å². The lowest BCUT2D eigenvalue weighted by Gasteiger charge is -2.35. The van der Waals surface area contributed by atoms with Gasteiger partial charge in [0.1, 0.15) is 11.6 Å². The van der Waals surface area contributed by atoms with Gasteiger partial charge in [0.15, 0.2) is 5.65 Å². The van der Waals surface area contributed by atoms with Crippen molar-refractivity contribution in [1.82, 2.24) is 24.6 Å². The summed E-state index contributed by atoms with van der Waals surface area (Å²) in [5.74, 6) is 1.87. The molecule has 8 nitrogen and oxygen atoms in total. The van der Waals surface area contributed by atoms with Crippen LogP contribution in [0.25, 0.3) is 11.0 Å². The molecule has 25 heavy (non-hydrogen) atoms. The topological polar surface area (TPSA) is 76.4 Å². The third-order valence-electron chi connectivity index (χ3n) is 4.50. The van der Waals surface area contributed by atoms with Gasteiger partial charge in [-0.3, -0.25) is 9.48 Å². The summed E-state index contributed by atoms with van der Waals surface area (Å²) >= 11 is 0. The maximum absolute atomic E-state index is 12.3. The molecule has 1 fully saturated rings. The lowest BCUT2D eigenvalue weighted by Crippen LogP contribution is -2.49. The van der Waals surface area contributed by atoms with Crippen LogP contribution in [-0.4, -0.2) is 69.9 Å². The zero-order valence-corrected chi connectivity index (χ0v) is 15.2.